The van der Waals surface area contributed by atoms with Gasteiger partial charge in [-0.15, -0.1) is 0 Å². The van der Waals surface area contributed by atoms with Crippen molar-refractivity contribution < 1.29 is 9.47 Å². The lowest BCUT2D eigenvalue weighted by atomic mass is 9.68. The summed E-state index contributed by atoms with van der Waals surface area (Å²) in [6.07, 6.45) is 3.66. The van der Waals surface area contributed by atoms with Crippen LogP contribution in [0.3, 0.4) is 0 Å². The van der Waals surface area contributed by atoms with Gasteiger partial charge in [-0.25, -0.2) is 0 Å². The van der Waals surface area contributed by atoms with Crippen molar-refractivity contribution in [1.82, 2.24) is 0 Å². The fourth-order valence-electron chi connectivity index (χ4n) is 3.27. The monoisotopic (exact) mass is 291 g/mol. The number of hydrogen-bond donors (Lipinski definition) is 1. The standard InChI is InChI=1S/C18H29NO2/c1-18(2,3)14-10-9-13(12-19)17(11-14)21-16-8-6-5-7-15(16)20-4/h5-8,13-14,17H,9-12,19H2,1-4H3. The van der Waals surface area contributed by atoms with Gasteiger partial charge < -0.3 is 15.2 Å². The zero-order valence-corrected chi connectivity index (χ0v) is 13.8. The molecular formula is C18H29NO2. The highest BCUT2D eigenvalue weighted by molar-refractivity contribution is 5.39. The van der Waals surface area contributed by atoms with Gasteiger partial charge in [-0.3, -0.25) is 0 Å². The summed E-state index contributed by atoms with van der Waals surface area (Å²) >= 11 is 0. The SMILES string of the molecule is COc1ccccc1OC1CC(C(C)(C)C)CCC1CN. The minimum Gasteiger partial charge on any atom is -0.493 e. The molecule has 3 nitrogen and oxygen atoms in total. The molecule has 0 saturated heterocycles. The fourth-order valence-corrected chi connectivity index (χ4v) is 3.27. The average molecular weight is 291 g/mol. The molecule has 0 heterocycles. The normalized spacial score (nSPS) is 26.4. The summed E-state index contributed by atoms with van der Waals surface area (Å²) in [5.74, 6) is 2.75. The van der Waals surface area contributed by atoms with Crippen LogP contribution < -0.4 is 15.2 Å². The highest BCUT2D eigenvalue weighted by Crippen LogP contribution is 2.41. The highest BCUT2D eigenvalue weighted by atomic mass is 16.5. The van der Waals surface area contributed by atoms with E-state index in [0.717, 1.165) is 24.3 Å². The molecule has 1 aromatic rings. The minimum atomic E-state index is 0.185. The first-order chi connectivity index (χ1) is 9.95. The molecule has 3 atom stereocenters. The predicted octanol–water partition coefficient (Wildman–Crippen LogP) is 3.86. The van der Waals surface area contributed by atoms with Crippen molar-refractivity contribution in [1.29, 1.82) is 0 Å². The Hall–Kier alpha value is -1.22. The van der Waals surface area contributed by atoms with Gasteiger partial charge in [0.15, 0.2) is 11.5 Å². The molecule has 2 rings (SSSR count). The zero-order chi connectivity index (χ0) is 15.5. The third-order valence-electron chi connectivity index (χ3n) is 4.80. The van der Waals surface area contributed by atoms with Gasteiger partial charge in [0, 0.05) is 5.92 Å². The second-order valence-corrected chi connectivity index (χ2v) is 7.18. The van der Waals surface area contributed by atoms with Crippen molar-refractivity contribution in [2.24, 2.45) is 23.0 Å². The van der Waals surface area contributed by atoms with E-state index in [2.05, 4.69) is 20.8 Å². The maximum Gasteiger partial charge on any atom is 0.161 e. The smallest absolute Gasteiger partial charge is 0.161 e. The molecule has 1 fully saturated rings. The van der Waals surface area contributed by atoms with Crippen LogP contribution in [0.25, 0.3) is 0 Å². The summed E-state index contributed by atoms with van der Waals surface area (Å²) in [7, 11) is 1.68. The molecule has 0 radical (unpaired) electrons. The van der Waals surface area contributed by atoms with Crippen molar-refractivity contribution in [3.63, 3.8) is 0 Å². The van der Waals surface area contributed by atoms with Crippen LogP contribution in [0.4, 0.5) is 0 Å². The van der Waals surface area contributed by atoms with Crippen molar-refractivity contribution in [2.45, 2.75) is 46.1 Å². The van der Waals surface area contributed by atoms with Crippen molar-refractivity contribution in [3.8, 4) is 11.5 Å². The van der Waals surface area contributed by atoms with Gasteiger partial charge in [0.05, 0.1) is 7.11 Å². The molecular weight excluding hydrogens is 262 g/mol. The fraction of sp³-hybridized carbons (Fsp3) is 0.667. The van der Waals surface area contributed by atoms with Gasteiger partial charge in [-0.1, -0.05) is 32.9 Å². The molecule has 0 amide bonds. The lowest BCUT2D eigenvalue weighted by Gasteiger charge is -2.41. The van der Waals surface area contributed by atoms with E-state index in [0.29, 0.717) is 23.8 Å². The predicted molar refractivity (Wildman–Crippen MR) is 86.8 cm³/mol. The second-order valence-electron chi connectivity index (χ2n) is 7.18. The molecule has 0 spiro atoms. The number of hydrogen-bond acceptors (Lipinski definition) is 3. The summed E-state index contributed by atoms with van der Waals surface area (Å²) in [5.41, 5.74) is 6.28. The number of benzene rings is 1. The first-order valence-corrected chi connectivity index (χ1v) is 7.95. The molecule has 1 aliphatic rings. The summed E-state index contributed by atoms with van der Waals surface area (Å²) in [5, 5.41) is 0. The van der Waals surface area contributed by atoms with Gasteiger partial charge in [-0.05, 0) is 49.3 Å². The third kappa shape index (κ3) is 3.91. The number of rotatable bonds is 4. The Kier molecular flexibility index (Phi) is 5.15. The van der Waals surface area contributed by atoms with Crippen LogP contribution in [0.5, 0.6) is 11.5 Å². The molecule has 0 bridgehead atoms. The molecule has 0 aliphatic heterocycles. The minimum absolute atomic E-state index is 0.185. The van der Waals surface area contributed by atoms with E-state index in [1.54, 1.807) is 7.11 Å². The Morgan fingerprint density at radius 3 is 2.38 bits per heavy atom. The molecule has 0 aromatic heterocycles. The van der Waals surface area contributed by atoms with Crippen LogP contribution in [0, 0.1) is 17.3 Å². The lowest BCUT2D eigenvalue weighted by Crippen LogP contribution is -2.41. The van der Waals surface area contributed by atoms with Gasteiger partial charge in [0.1, 0.15) is 6.10 Å². The van der Waals surface area contributed by atoms with Crippen molar-refractivity contribution in [2.75, 3.05) is 13.7 Å². The lowest BCUT2D eigenvalue weighted by molar-refractivity contribution is 0.0316. The highest BCUT2D eigenvalue weighted by Gasteiger charge is 2.36. The summed E-state index contributed by atoms with van der Waals surface area (Å²) in [6.45, 7) is 7.65. The Morgan fingerprint density at radius 1 is 1.14 bits per heavy atom. The molecule has 3 unspecified atom stereocenters. The Bertz CT molecular complexity index is 453. The molecule has 1 saturated carbocycles. The number of para-hydroxylation sites is 2. The van der Waals surface area contributed by atoms with Crippen LogP contribution >= 0.6 is 0 Å². The van der Waals surface area contributed by atoms with E-state index in [1.807, 2.05) is 24.3 Å². The van der Waals surface area contributed by atoms with E-state index in [4.69, 9.17) is 15.2 Å². The largest absolute Gasteiger partial charge is 0.493 e. The van der Waals surface area contributed by atoms with Gasteiger partial charge in [-0.2, -0.15) is 0 Å². The number of nitrogens with two attached hydrogens (primary N) is 1. The van der Waals surface area contributed by atoms with Gasteiger partial charge in [0.25, 0.3) is 0 Å². The molecule has 118 valence electrons. The average Bonchev–Trinajstić information content (AvgIpc) is 2.47. The zero-order valence-electron chi connectivity index (χ0n) is 13.8. The number of methoxy groups -OCH3 is 1. The van der Waals surface area contributed by atoms with Crippen LogP contribution in [-0.2, 0) is 0 Å². The van der Waals surface area contributed by atoms with Gasteiger partial charge in [0.2, 0.25) is 0 Å². The first-order valence-electron chi connectivity index (χ1n) is 7.95. The van der Waals surface area contributed by atoms with E-state index in [-0.39, 0.29) is 6.10 Å². The van der Waals surface area contributed by atoms with Crippen molar-refractivity contribution in [3.05, 3.63) is 24.3 Å². The van der Waals surface area contributed by atoms with E-state index in [1.165, 1.54) is 6.42 Å². The molecule has 1 aromatic carbocycles. The van der Waals surface area contributed by atoms with Crippen LogP contribution in [0.2, 0.25) is 0 Å². The number of ether oxygens (including phenoxy) is 2. The Morgan fingerprint density at radius 2 is 1.81 bits per heavy atom. The summed E-state index contributed by atoms with van der Waals surface area (Å²) < 4.78 is 11.7. The Labute approximate surface area is 128 Å². The van der Waals surface area contributed by atoms with Gasteiger partial charge >= 0.3 is 0 Å². The molecule has 2 N–H and O–H groups in total. The van der Waals surface area contributed by atoms with Crippen LogP contribution in [0.15, 0.2) is 24.3 Å². The summed E-state index contributed by atoms with van der Waals surface area (Å²) in [4.78, 5) is 0. The maximum atomic E-state index is 6.30. The van der Waals surface area contributed by atoms with E-state index < -0.39 is 0 Å². The topological polar surface area (TPSA) is 44.5 Å². The first kappa shape index (κ1) is 16.2. The quantitative estimate of drug-likeness (QED) is 0.916. The van der Waals surface area contributed by atoms with Crippen LogP contribution in [0.1, 0.15) is 40.0 Å². The molecule has 21 heavy (non-hydrogen) atoms. The maximum absolute atomic E-state index is 6.30. The molecule has 1 aliphatic carbocycles. The Balaban J connectivity index is 2.14. The van der Waals surface area contributed by atoms with E-state index >= 15 is 0 Å². The van der Waals surface area contributed by atoms with Crippen molar-refractivity contribution >= 4 is 0 Å². The summed E-state index contributed by atoms with van der Waals surface area (Å²) in [6, 6.07) is 7.87. The second kappa shape index (κ2) is 6.69. The van der Waals surface area contributed by atoms with E-state index in [9.17, 15) is 0 Å². The van der Waals surface area contributed by atoms with Crippen LogP contribution in [-0.4, -0.2) is 19.8 Å². The molecule has 3 heteroatoms. The third-order valence-corrected chi connectivity index (χ3v) is 4.80.